The van der Waals surface area contributed by atoms with Gasteiger partial charge in [0, 0.05) is 25.7 Å². The van der Waals surface area contributed by atoms with Gasteiger partial charge in [0.1, 0.15) is 5.60 Å². The van der Waals surface area contributed by atoms with Gasteiger partial charge >= 0.3 is 6.09 Å². The minimum Gasteiger partial charge on any atom is -0.444 e. The van der Waals surface area contributed by atoms with Crippen molar-refractivity contribution in [1.82, 2.24) is 10.2 Å². The molecular weight excluding hydrogens is 312 g/mol. The molecule has 3 rings (SSSR count). The topological polar surface area (TPSA) is 41.6 Å². The van der Waals surface area contributed by atoms with E-state index in [1.807, 2.05) is 25.7 Å². The monoisotopic (exact) mass is 344 g/mol. The highest BCUT2D eigenvalue weighted by Gasteiger charge is 2.43. The van der Waals surface area contributed by atoms with Crippen LogP contribution < -0.4 is 5.32 Å². The predicted molar refractivity (Wildman–Crippen MR) is 100 cm³/mol. The van der Waals surface area contributed by atoms with E-state index >= 15 is 0 Å². The summed E-state index contributed by atoms with van der Waals surface area (Å²) in [4.78, 5) is 14.2. The molecule has 1 N–H and O–H groups in total. The molecule has 0 aromatic heterocycles. The number of carbonyl (C=O) groups excluding carboxylic acids is 1. The lowest BCUT2D eigenvalue weighted by Gasteiger charge is -2.37. The normalized spacial score (nSPS) is 26.8. The molecule has 1 spiro atoms. The van der Waals surface area contributed by atoms with Gasteiger partial charge in [-0.15, -0.1) is 0 Å². The molecule has 1 heterocycles. The summed E-state index contributed by atoms with van der Waals surface area (Å²) >= 11 is 0. The first kappa shape index (κ1) is 18.2. The number of nitrogens with one attached hydrogen (secondary N) is 1. The molecule has 25 heavy (non-hydrogen) atoms. The number of amides is 1. The molecular formula is C21H32N2O2. The lowest BCUT2D eigenvalue weighted by atomic mass is 9.72. The van der Waals surface area contributed by atoms with Gasteiger partial charge in [0.15, 0.2) is 0 Å². The van der Waals surface area contributed by atoms with Crippen LogP contribution >= 0.6 is 0 Å². The van der Waals surface area contributed by atoms with E-state index in [2.05, 4.69) is 35.6 Å². The van der Waals surface area contributed by atoms with Gasteiger partial charge in [-0.1, -0.05) is 30.3 Å². The summed E-state index contributed by atoms with van der Waals surface area (Å²) in [7, 11) is 0. The number of likely N-dealkylation sites (tertiary alicyclic amines) is 1. The molecule has 138 valence electrons. The Balaban J connectivity index is 1.45. The zero-order valence-corrected chi connectivity index (χ0v) is 15.9. The summed E-state index contributed by atoms with van der Waals surface area (Å²) in [6.45, 7) is 8.45. The number of hydrogen-bond acceptors (Lipinski definition) is 3. The van der Waals surface area contributed by atoms with E-state index in [1.54, 1.807) is 0 Å². The highest BCUT2D eigenvalue weighted by molar-refractivity contribution is 5.68. The Hall–Kier alpha value is -1.55. The van der Waals surface area contributed by atoms with Gasteiger partial charge in [-0.2, -0.15) is 0 Å². The molecule has 1 saturated heterocycles. The van der Waals surface area contributed by atoms with Gasteiger partial charge in [-0.05, 0) is 63.9 Å². The first-order chi connectivity index (χ1) is 11.9. The Morgan fingerprint density at radius 2 is 1.88 bits per heavy atom. The zero-order valence-electron chi connectivity index (χ0n) is 15.9. The predicted octanol–water partition coefficient (Wildman–Crippen LogP) is 4.35. The number of carbonyl (C=O) groups is 1. The van der Waals surface area contributed by atoms with Crippen LogP contribution in [0.1, 0.15) is 58.4 Å². The lowest BCUT2D eigenvalue weighted by Crippen LogP contribution is -2.40. The number of hydrogen-bond donors (Lipinski definition) is 1. The van der Waals surface area contributed by atoms with Crippen LogP contribution in [0, 0.1) is 5.41 Å². The second-order valence-electron chi connectivity index (χ2n) is 8.79. The van der Waals surface area contributed by atoms with Crippen LogP contribution in [0.3, 0.4) is 0 Å². The van der Waals surface area contributed by atoms with Crippen molar-refractivity contribution in [2.45, 2.75) is 71.1 Å². The van der Waals surface area contributed by atoms with Crippen LogP contribution in [0.4, 0.5) is 4.79 Å². The molecule has 0 atom stereocenters. The fourth-order valence-corrected chi connectivity index (χ4v) is 4.12. The number of ether oxygens (including phenoxy) is 1. The first-order valence-corrected chi connectivity index (χ1v) is 9.61. The Bertz CT molecular complexity index is 571. The number of benzene rings is 1. The molecule has 1 aliphatic heterocycles. The summed E-state index contributed by atoms with van der Waals surface area (Å²) in [5.41, 5.74) is 1.26. The largest absolute Gasteiger partial charge is 0.444 e. The van der Waals surface area contributed by atoms with Crippen molar-refractivity contribution in [2.24, 2.45) is 5.41 Å². The average Bonchev–Trinajstić information content (AvgIpc) is 2.98. The van der Waals surface area contributed by atoms with E-state index in [9.17, 15) is 4.79 Å². The second kappa shape index (κ2) is 7.36. The lowest BCUT2D eigenvalue weighted by molar-refractivity contribution is 0.0259. The van der Waals surface area contributed by atoms with Crippen LogP contribution in [0.2, 0.25) is 0 Å². The van der Waals surface area contributed by atoms with Gasteiger partial charge < -0.3 is 15.0 Å². The first-order valence-electron chi connectivity index (χ1n) is 9.61. The third-order valence-corrected chi connectivity index (χ3v) is 5.57. The maximum atomic E-state index is 12.3. The Morgan fingerprint density at radius 3 is 2.52 bits per heavy atom. The third-order valence-electron chi connectivity index (χ3n) is 5.57. The Kier molecular flexibility index (Phi) is 5.38. The van der Waals surface area contributed by atoms with Crippen molar-refractivity contribution in [3.05, 3.63) is 35.9 Å². The van der Waals surface area contributed by atoms with Crippen molar-refractivity contribution in [3.63, 3.8) is 0 Å². The molecule has 4 nitrogen and oxygen atoms in total. The van der Waals surface area contributed by atoms with Crippen LogP contribution in [0.15, 0.2) is 30.3 Å². The summed E-state index contributed by atoms with van der Waals surface area (Å²) in [5, 5.41) is 3.70. The molecule has 4 heteroatoms. The molecule has 0 bridgehead atoms. The molecule has 0 unspecified atom stereocenters. The summed E-state index contributed by atoms with van der Waals surface area (Å²) in [5.74, 6) is 0. The summed E-state index contributed by atoms with van der Waals surface area (Å²) in [6, 6.07) is 11.2. The van der Waals surface area contributed by atoms with Crippen LogP contribution in [0.5, 0.6) is 0 Å². The van der Waals surface area contributed by atoms with Crippen molar-refractivity contribution in [2.75, 3.05) is 13.1 Å². The molecule has 1 saturated carbocycles. The van der Waals surface area contributed by atoms with E-state index in [0.717, 1.165) is 26.1 Å². The van der Waals surface area contributed by atoms with Crippen LogP contribution in [0.25, 0.3) is 0 Å². The van der Waals surface area contributed by atoms with Crippen LogP contribution in [-0.4, -0.2) is 35.7 Å². The molecule has 1 aromatic carbocycles. The van der Waals surface area contributed by atoms with Crippen molar-refractivity contribution < 1.29 is 9.53 Å². The average molecular weight is 344 g/mol. The highest BCUT2D eigenvalue weighted by atomic mass is 16.6. The smallest absolute Gasteiger partial charge is 0.410 e. The summed E-state index contributed by atoms with van der Waals surface area (Å²) < 4.78 is 5.54. The quantitative estimate of drug-likeness (QED) is 0.886. The van der Waals surface area contributed by atoms with E-state index in [4.69, 9.17) is 4.74 Å². The Labute approximate surface area is 151 Å². The van der Waals surface area contributed by atoms with Gasteiger partial charge in [0.25, 0.3) is 0 Å². The van der Waals surface area contributed by atoms with Gasteiger partial charge in [-0.3, -0.25) is 0 Å². The molecule has 1 aromatic rings. The van der Waals surface area contributed by atoms with Crippen molar-refractivity contribution in [1.29, 1.82) is 0 Å². The summed E-state index contributed by atoms with van der Waals surface area (Å²) in [6.07, 6.45) is 5.80. The fraction of sp³-hybridized carbons (Fsp3) is 0.667. The van der Waals surface area contributed by atoms with Gasteiger partial charge in [0.05, 0.1) is 0 Å². The van der Waals surface area contributed by atoms with Crippen molar-refractivity contribution >= 4 is 6.09 Å². The maximum Gasteiger partial charge on any atom is 0.410 e. The maximum absolute atomic E-state index is 12.3. The third kappa shape index (κ3) is 4.97. The standard InChI is InChI=1S/C21H32N2O2/c1-20(2,3)25-19(24)23-14-13-21(16-23)11-9-18(10-12-21)22-15-17-7-5-4-6-8-17/h4-8,18,22H,9-16H2,1-3H3. The molecule has 1 amide bonds. The molecule has 2 aliphatic rings. The number of rotatable bonds is 3. The molecule has 1 aliphatic carbocycles. The van der Waals surface area contributed by atoms with Crippen molar-refractivity contribution in [3.8, 4) is 0 Å². The highest BCUT2D eigenvalue weighted by Crippen LogP contribution is 2.44. The Morgan fingerprint density at radius 1 is 1.20 bits per heavy atom. The second-order valence-corrected chi connectivity index (χ2v) is 8.79. The fourth-order valence-electron chi connectivity index (χ4n) is 4.12. The van der Waals surface area contributed by atoms with E-state index in [1.165, 1.54) is 31.2 Å². The molecule has 2 fully saturated rings. The number of nitrogens with zero attached hydrogens (tertiary/aromatic N) is 1. The van der Waals surface area contributed by atoms with E-state index in [0.29, 0.717) is 11.5 Å². The van der Waals surface area contributed by atoms with Crippen LogP contribution in [-0.2, 0) is 11.3 Å². The molecule has 0 radical (unpaired) electrons. The minimum absolute atomic E-state index is 0.145. The van der Waals surface area contributed by atoms with Gasteiger partial charge in [-0.25, -0.2) is 4.79 Å². The minimum atomic E-state index is -0.411. The van der Waals surface area contributed by atoms with Gasteiger partial charge in [0.2, 0.25) is 0 Å². The SMILES string of the molecule is CC(C)(C)OC(=O)N1CCC2(CCC(NCc3ccccc3)CC2)C1. The van der Waals surface area contributed by atoms with E-state index in [-0.39, 0.29) is 6.09 Å². The van der Waals surface area contributed by atoms with E-state index < -0.39 is 5.60 Å². The zero-order chi connectivity index (χ0) is 17.9.